The zero-order valence-electron chi connectivity index (χ0n) is 22.6. The number of nitrogens with one attached hydrogen (secondary N) is 2. The van der Waals surface area contributed by atoms with E-state index in [1.54, 1.807) is 34.1 Å². The summed E-state index contributed by atoms with van der Waals surface area (Å²) >= 11 is 0. The molecule has 2 fully saturated rings. The number of rotatable bonds is 8. The minimum absolute atomic E-state index is 0.0674. The molecule has 2 saturated heterocycles. The van der Waals surface area contributed by atoms with Gasteiger partial charge in [0.1, 0.15) is 18.0 Å². The number of piperazine rings is 1. The van der Waals surface area contributed by atoms with Crippen molar-refractivity contribution in [1.82, 2.24) is 14.7 Å². The van der Waals surface area contributed by atoms with Gasteiger partial charge in [0.2, 0.25) is 11.8 Å². The van der Waals surface area contributed by atoms with Crippen LogP contribution in [0, 0.1) is 6.92 Å². The maximum absolute atomic E-state index is 14.4. The summed E-state index contributed by atoms with van der Waals surface area (Å²) in [5, 5.41) is 14.5. The minimum atomic E-state index is -1.31. The molecular formula is C28H34FN5O6. The topological polar surface area (TPSA) is 132 Å². The number of halogens is 1. The van der Waals surface area contributed by atoms with E-state index in [0.717, 1.165) is 5.56 Å². The lowest BCUT2D eigenvalue weighted by atomic mass is 10.1. The number of amides is 4. The Kier molecular flexibility index (Phi) is 9.20. The monoisotopic (exact) mass is 555 g/mol. The molecule has 0 spiro atoms. The van der Waals surface area contributed by atoms with Crippen molar-refractivity contribution in [3.05, 3.63) is 53.6 Å². The Bertz CT molecular complexity index is 1270. The van der Waals surface area contributed by atoms with Gasteiger partial charge in [-0.05, 0) is 36.2 Å². The third-order valence-electron chi connectivity index (χ3n) is 7.16. The van der Waals surface area contributed by atoms with Crippen molar-refractivity contribution in [2.75, 3.05) is 57.0 Å². The van der Waals surface area contributed by atoms with Gasteiger partial charge in [-0.25, -0.2) is 9.18 Å². The number of aryl methyl sites for hydroxylation is 1. The highest BCUT2D eigenvalue weighted by Crippen LogP contribution is 2.28. The highest BCUT2D eigenvalue weighted by molar-refractivity contribution is 6.01. The number of benzene rings is 2. The second-order valence-electron chi connectivity index (χ2n) is 10.00. The van der Waals surface area contributed by atoms with E-state index in [2.05, 4.69) is 10.6 Å². The van der Waals surface area contributed by atoms with Crippen LogP contribution in [0.4, 0.5) is 20.6 Å². The molecule has 0 bridgehead atoms. The zero-order chi connectivity index (χ0) is 28.8. The molecule has 2 atom stereocenters. The quantitative estimate of drug-likeness (QED) is 0.456. The molecule has 40 heavy (non-hydrogen) atoms. The number of ether oxygens (including phenoxy) is 1. The highest BCUT2D eigenvalue weighted by atomic mass is 19.1. The van der Waals surface area contributed by atoms with Crippen LogP contribution < -0.4 is 15.4 Å². The average molecular weight is 556 g/mol. The van der Waals surface area contributed by atoms with Crippen molar-refractivity contribution in [1.29, 1.82) is 0 Å². The third-order valence-corrected chi connectivity index (χ3v) is 7.16. The van der Waals surface area contributed by atoms with Crippen LogP contribution in [-0.4, -0.2) is 102 Å². The predicted molar refractivity (Wildman–Crippen MR) is 146 cm³/mol. The van der Waals surface area contributed by atoms with Crippen molar-refractivity contribution in [3.8, 4) is 5.75 Å². The summed E-state index contributed by atoms with van der Waals surface area (Å²) in [7, 11) is 1.45. The molecule has 0 saturated carbocycles. The molecule has 2 aromatic rings. The van der Waals surface area contributed by atoms with E-state index in [1.807, 2.05) is 25.1 Å². The molecule has 2 aliphatic rings. The van der Waals surface area contributed by atoms with Gasteiger partial charge in [0.25, 0.3) is 0 Å². The lowest BCUT2D eigenvalue weighted by Gasteiger charge is -2.36. The number of carboxylic acids is 1. The van der Waals surface area contributed by atoms with Gasteiger partial charge in [-0.3, -0.25) is 19.3 Å². The average Bonchev–Trinajstić information content (AvgIpc) is 3.32. The highest BCUT2D eigenvalue weighted by Gasteiger charge is 2.42. The number of methoxy groups -OCH3 is 1. The third kappa shape index (κ3) is 7.06. The molecule has 4 amide bonds. The molecule has 0 aliphatic carbocycles. The van der Waals surface area contributed by atoms with Gasteiger partial charge in [-0.1, -0.05) is 24.3 Å². The minimum Gasteiger partial charge on any atom is -0.495 e. The zero-order valence-corrected chi connectivity index (χ0v) is 22.6. The standard InChI is InChI=1S/C28H34FN5O6/c1-18-5-3-4-6-21(18)30-28(39)31-22-8-7-19(13-24(22)40-2)14-25(35)34-16-20(29)15-23(34)27(38)33-11-9-32(10-12-33)17-26(36)37/h3-8,13,20,23H,9-12,14-17H2,1-2H3,(H,36,37)(H2,30,31,39)/t20-,23-/m0/s1. The fourth-order valence-electron chi connectivity index (χ4n) is 5.04. The van der Waals surface area contributed by atoms with Crippen molar-refractivity contribution in [3.63, 3.8) is 0 Å². The smallest absolute Gasteiger partial charge is 0.323 e. The summed E-state index contributed by atoms with van der Waals surface area (Å²) in [6.07, 6.45) is -1.45. The van der Waals surface area contributed by atoms with Gasteiger partial charge < -0.3 is 30.3 Å². The Morgan fingerprint density at radius 1 is 1.02 bits per heavy atom. The van der Waals surface area contributed by atoms with Crippen LogP contribution in [0.25, 0.3) is 0 Å². The van der Waals surface area contributed by atoms with Crippen molar-refractivity contribution in [2.24, 2.45) is 0 Å². The van der Waals surface area contributed by atoms with Gasteiger partial charge in [-0.15, -0.1) is 0 Å². The molecule has 4 rings (SSSR count). The Morgan fingerprint density at radius 3 is 2.40 bits per heavy atom. The maximum Gasteiger partial charge on any atom is 0.323 e. The largest absolute Gasteiger partial charge is 0.495 e. The number of likely N-dealkylation sites (tertiary alicyclic amines) is 1. The van der Waals surface area contributed by atoms with Crippen LogP contribution in [-0.2, 0) is 20.8 Å². The molecule has 12 heteroatoms. The van der Waals surface area contributed by atoms with Crippen molar-refractivity contribution in [2.45, 2.75) is 32.0 Å². The van der Waals surface area contributed by atoms with Gasteiger partial charge in [0, 0.05) is 38.3 Å². The first-order valence-corrected chi connectivity index (χ1v) is 13.1. The second-order valence-corrected chi connectivity index (χ2v) is 10.00. The molecule has 11 nitrogen and oxygen atoms in total. The number of aliphatic carboxylic acids is 1. The van der Waals surface area contributed by atoms with Crippen LogP contribution in [0.1, 0.15) is 17.5 Å². The van der Waals surface area contributed by atoms with Crippen LogP contribution in [0.15, 0.2) is 42.5 Å². The SMILES string of the molecule is COc1cc(CC(=O)N2C[C@@H](F)C[C@H]2C(=O)N2CCN(CC(=O)O)CC2)ccc1NC(=O)Nc1ccccc1C. The Hall–Kier alpha value is -4.19. The fraction of sp³-hybridized carbons (Fsp3) is 0.429. The number of para-hydroxylation sites is 1. The van der Waals surface area contributed by atoms with Gasteiger partial charge in [-0.2, -0.15) is 0 Å². The predicted octanol–water partition coefficient (Wildman–Crippen LogP) is 2.36. The molecule has 0 radical (unpaired) electrons. The number of carbonyl (C=O) groups excluding carboxylic acids is 3. The number of anilines is 2. The molecule has 0 unspecified atom stereocenters. The number of alkyl halides is 1. The molecule has 2 aromatic carbocycles. The summed E-state index contributed by atoms with van der Waals surface area (Å²) in [4.78, 5) is 54.5. The maximum atomic E-state index is 14.4. The van der Waals surface area contributed by atoms with E-state index in [-0.39, 0.29) is 37.7 Å². The molecule has 0 aromatic heterocycles. The first kappa shape index (κ1) is 28.8. The van der Waals surface area contributed by atoms with E-state index >= 15 is 0 Å². The van der Waals surface area contributed by atoms with Crippen molar-refractivity contribution >= 4 is 35.2 Å². The molecule has 3 N–H and O–H groups in total. The normalized spacial score (nSPS) is 19.3. The number of hydrogen-bond acceptors (Lipinski definition) is 6. The fourth-order valence-corrected chi connectivity index (χ4v) is 5.04. The van der Waals surface area contributed by atoms with Crippen LogP contribution in [0.3, 0.4) is 0 Å². The van der Waals surface area contributed by atoms with Crippen molar-refractivity contribution < 1.29 is 33.4 Å². The van der Waals surface area contributed by atoms with E-state index in [1.165, 1.54) is 12.0 Å². The molecule has 2 heterocycles. The van der Waals surface area contributed by atoms with E-state index in [9.17, 15) is 23.6 Å². The van der Waals surface area contributed by atoms with E-state index in [0.29, 0.717) is 48.9 Å². The van der Waals surface area contributed by atoms with Crippen LogP contribution in [0.5, 0.6) is 5.75 Å². The first-order chi connectivity index (χ1) is 19.1. The lowest BCUT2D eigenvalue weighted by Crippen LogP contribution is -2.55. The number of hydrogen-bond donors (Lipinski definition) is 3. The Morgan fingerprint density at radius 2 is 1.73 bits per heavy atom. The summed E-state index contributed by atoms with van der Waals surface area (Å²) in [6, 6.07) is 10.9. The number of urea groups is 1. The van der Waals surface area contributed by atoms with E-state index in [4.69, 9.17) is 9.84 Å². The van der Waals surface area contributed by atoms with Crippen LogP contribution in [0.2, 0.25) is 0 Å². The lowest BCUT2D eigenvalue weighted by molar-refractivity contribution is -0.145. The van der Waals surface area contributed by atoms with Gasteiger partial charge >= 0.3 is 12.0 Å². The van der Waals surface area contributed by atoms with Crippen LogP contribution >= 0.6 is 0 Å². The number of carbonyl (C=O) groups is 4. The van der Waals surface area contributed by atoms with Gasteiger partial charge in [0.05, 0.1) is 32.3 Å². The second kappa shape index (κ2) is 12.8. The number of carboxylic acid groups (broad SMARTS) is 1. The van der Waals surface area contributed by atoms with E-state index < -0.39 is 24.2 Å². The molecule has 214 valence electrons. The summed E-state index contributed by atoms with van der Waals surface area (Å²) in [5.41, 5.74) is 2.57. The molecular weight excluding hydrogens is 521 g/mol. The first-order valence-electron chi connectivity index (χ1n) is 13.1. The Balaban J connectivity index is 1.38. The Labute approximate surface area is 231 Å². The molecule has 2 aliphatic heterocycles. The van der Waals surface area contributed by atoms with Gasteiger partial charge in [0.15, 0.2) is 0 Å². The summed E-state index contributed by atoms with van der Waals surface area (Å²) in [5.74, 6) is -1.29. The summed E-state index contributed by atoms with van der Waals surface area (Å²) < 4.78 is 19.9. The summed E-state index contributed by atoms with van der Waals surface area (Å²) in [6.45, 7) is 3.08. The number of nitrogens with zero attached hydrogens (tertiary/aromatic N) is 3.